The molecule has 2 rings (SSSR count). The topological polar surface area (TPSA) is 12.9 Å². The van der Waals surface area contributed by atoms with E-state index in [0.29, 0.717) is 10.0 Å². The summed E-state index contributed by atoms with van der Waals surface area (Å²) in [6, 6.07) is 5.57. The lowest BCUT2D eigenvalue weighted by Gasteiger charge is -2.05. The van der Waals surface area contributed by atoms with Gasteiger partial charge in [-0.25, -0.2) is 0 Å². The second-order valence-electron chi connectivity index (χ2n) is 3.11. The normalized spacial score (nSPS) is 10.8. The fraction of sp³-hybridized carbons (Fsp3) is 0.182. The molecule has 0 fully saturated rings. The summed E-state index contributed by atoms with van der Waals surface area (Å²) in [6.45, 7) is 2.08. The Morgan fingerprint density at radius 1 is 1.29 bits per heavy atom. The summed E-state index contributed by atoms with van der Waals surface area (Å²) in [6.07, 6.45) is 2.63. The van der Waals surface area contributed by atoms with Gasteiger partial charge in [-0.05, 0) is 30.2 Å². The number of aromatic nitrogens is 1. The van der Waals surface area contributed by atoms with Gasteiger partial charge in [-0.2, -0.15) is 0 Å². The minimum Gasteiger partial charge on any atom is -0.256 e. The largest absolute Gasteiger partial charge is 0.256 e. The summed E-state index contributed by atoms with van der Waals surface area (Å²) in [5.41, 5.74) is 2.08. The van der Waals surface area contributed by atoms with E-state index in [2.05, 4.69) is 11.9 Å². The molecular formula is C11H9Cl2N. The third-order valence-electron chi connectivity index (χ3n) is 2.22. The molecule has 0 spiro atoms. The number of aryl methyl sites for hydroxylation is 1. The molecule has 1 heterocycles. The highest BCUT2D eigenvalue weighted by Gasteiger charge is 2.05. The molecule has 72 valence electrons. The Kier molecular flexibility index (Phi) is 2.62. The van der Waals surface area contributed by atoms with Crippen LogP contribution in [0.25, 0.3) is 10.9 Å². The quantitative estimate of drug-likeness (QED) is 0.713. The van der Waals surface area contributed by atoms with E-state index in [9.17, 15) is 0 Å². The second kappa shape index (κ2) is 3.76. The zero-order valence-corrected chi connectivity index (χ0v) is 9.23. The molecule has 2 aromatic rings. The zero-order valence-electron chi connectivity index (χ0n) is 7.72. The van der Waals surface area contributed by atoms with E-state index in [-0.39, 0.29) is 0 Å². The van der Waals surface area contributed by atoms with E-state index in [1.54, 1.807) is 12.3 Å². The first-order valence-corrected chi connectivity index (χ1v) is 5.20. The van der Waals surface area contributed by atoms with Crippen molar-refractivity contribution in [3.05, 3.63) is 40.0 Å². The van der Waals surface area contributed by atoms with Crippen LogP contribution in [0.5, 0.6) is 0 Å². The lowest BCUT2D eigenvalue weighted by Crippen LogP contribution is -1.87. The molecule has 1 aromatic heterocycles. The summed E-state index contributed by atoms with van der Waals surface area (Å²) in [7, 11) is 0. The first kappa shape index (κ1) is 9.75. The zero-order chi connectivity index (χ0) is 10.1. The van der Waals surface area contributed by atoms with Crippen LogP contribution >= 0.6 is 23.2 Å². The fourth-order valence-electron chi connectivity index (χ4n) is 1.53. The molecule has 0 aliphatic carbocycles. The first-order chi connectivity index (χ1) is 6.72. The van der Waals surface area contributed by atoms with E-state index < -0.39 is 0 Å². The van der Waals surface area contributed by atoms with Crippen molar-refractivity contribution in [3.8, 4) is 0 Å². The van der Waals surface area contributed by atoms with E-state index in [1.807, 2.05) is 12.1 Å². The van der Waals surface area contributed by atoms with Gasteiger partial charge in [0.05, 0.1) is 10.5 Å². The van der Waals surface area contributed by atoms with E-state index in [0.717, 1.165) is 22.9 Å². The average Bonchev–Trinajstić information content (AvgIpc) is 2.18. The van der Waals surface area contributed by atoms with Crippen molar-refractivity contribution >= 4 is 34.1 Å². The third-order valence-corrected chi connectivity index (χ3v) is 2.76. The number of nitrogens with zero attached hydrogens (tertiary/aromatic N) is 1. The van der Waals surface area contributed by atoms with Gasteiger partial charge in [0.25, 0.3) is 0 Å². The van der Waals surface area contributed by atoms with Gasteiger partial charge >= 0.3 is 0 Å². The Bertz CT molecular complexity index is 480. The van der Waals surface area contributed by atoms with E-state index >= 15 is 0 Å². The van der Waals surface area contributed by atoms with Gasteiger partial charge in [-0.15, -0.1) is 0 Å². The molecule has 1 nitrogen and oxygen atoms in total. The van der Waals surface area contributed by atoms with Gasteiger partial charge < -0.3 is 0 Å². The van der Waals surface area contributed by atoms with Crippen LogP contribution in [-0.2, 0) is 6.42 Å². The van der Waals surface area contributed by atoms with Crippen LogP contribution in [0.2, 0.25) is 10.0 Å². The summed E-state index contributed by atoms with van der Waals surface area (Å²) >= 11 is 12.0. The minimum absolute atomic E-state index is 0.701. The number of rotatable bonds is 1. The Labute approximate surface area is 92.7 Å². The Morgan fingerprint density at radius 3 is 2.79 bits per heavy atom. The van der Waals surface area contributed by atoms with Gasteiger partial charge in [0, 0.05) is 16.6 Å². The molecule has 0 bridgehead atoms. The van der Waals surface area contributed by atoms with Gasteiger partial charge in [-0.3, -0.25) is 4.98 Å². The standard InChI is InChI=1S/C11H9Cl2N/c1-2-7-5-8(12)6-9-10(13)3-4-14-11(7)9/h3-6H,2H2,1H3. The summed E-state index contributed by atoms with van der Waals surface area (Å²) in [5.74, 6) is 0. The molecule has 0 aliphatic rings. The Hall–Kier alpha value is -0.790. The third kappa shape index (κ3) is 1.58. The predicted octanol–water partition coefficient (Wildman–Crippen LogP) is 4.10. The Morgan fingerprint density at radius 2 is 2.07 bits per heavy atom. The summed E-state index contributed by atoms with van der Waals surface area (Å²) in [4.78, 5) is 4.31. The van der Waals surface area contributed by atoms with Crippen molar-refractivity contribution in [1.29, 1.82) is 0 Å². The Balaban J connectivity index is 2.87. The van der Waals surface area contributed by atoms with Crippen LogP contribution < -0.4 is 0 Å². The molecule has 14 heavy (non-hydrogen) atoms. The highest BCUT2D eigenvalue weighted by atomic mass is 35.5. The van der Waals surface area contributed by atoms with Crippen LogP contribution in [0.4, 0.5) is 0 Å². The van der Waals surface area contributed by atoms with Gasteiger partial charge in [0.1, 0.15) is 0 Å². The number of fused-ring (bicyclic) bond motifs is 1. The van der Waals surface area contributed by atoms with Crippen LogP contribution in [-0.4, -0.2) is 4.98 Å². The SMILES string of the molecule is CCc1cc(Cl)cc2c(Cl)ccnc12. The van der Waals surface area contributed by atoms with Crippen LogP contribution in [0.15, 0.2) is 24.4 Å². The number of pyridine rings is 1. The average molecular weight is 226 g/mol. The molecule has 0 unspecified atom stereocenters. The minimum atomic E-state index is 0.701. The molecule has 1 aromatic carbocycles. The fourth-order valence-corrected chi connectivity index (χ4v) is 1.97. The molecule has 0 radical (unpaired) electrons. The van der Waals surface area contributed by atoms with Crippen molar-refractivity contribution in [2.75, 3.05) is 0 Å². The maximum atomic E-state index is 6.06. The smallest absolute Gasteiger partial charge is 0.0749 e. The molecule has 0 saturated carbocycles. The lowest BCUT2D eigenvalue weighted by molar-refractivity contribution is 1.14. The first-order valence-electron chi connectivity index (χ1n) is 4.45. The van der Waals surface area contributed by atoms with Gasteiger partial charge in [0.2, 0.25) is 0 Å². The number of hydrogen-bond acceptors (Lipinski definition) is 1. The monoisotopic (exact) mass is 225 g/mol. The molecule has 0 atom stereocenters. The van der Waals surface area contributed by atoms with Crippen LogP contribution in [0.3, 0.4) is 0 Å². The van der Waals surface area contributed by atoms with E-state index in [1.165, 1.54) is 0 Å². The second-order valence-corrected chi connectivity index (χ2v) is 3.95. The summed E-state index contributed by atoms with van der Waals surface area (Å²) < 4.78 is 0. The van der Waals surface area contributed by atoms with Crippen LogP contribution in [0.1, 0.15) is 12.5 Å². The number of hydrogen-bond donors (Lipinski definition) is 0. The molecule has 0 amide bonds. The van der Waals surface area contributed by atoms with E-state index in [4.69, 9.17) is 23.2 Å². The predicted molar refractivity (Wildman–Crippen MR) is 61.1 cm³/mol. The summed E-state index contributed by atoms with van der Waals surface area (Å²) in [5, 5.41) is 2.34. The van der Waals surface area contributed by atoms with Crippen molar-refractivity contribution in [3.63, 3.8) is 0 Å². The van der Waals surface area contributed by atoms with Crippen molar-refractivity contribution in [2.24, 2.45) is 0 Å². The van der Waals surface area contributed by atoms with Gasteiger partial charge in [-0.1, -0.05) is 30.1 Å². The number of halogens is 2. The van der Waals surface area contributed by atoms with Crippen molar-refractivity contribution in [1.82, 2.24) is 4.98 Å². The van der Waals surface area contributed by atoms with Crippen LogP contribution in [0, 0.1) is 0 Å². The maximum Gasteiger partial charge on any atom is 0.0749 e. The maximum absolute atomic E-state index is 6.06. The molecule has 0 saturated heterocycles. The molecular weight excluding hydrogens is 217 g/mol. The highest BCUT2D eigenvalue weighted by Crippen LogP contribution is 2.27. The molecule has 3 heteroatoms. The lowest BCUT2D eigenvalue weighted by atomic mass is 10.1. The van der Waals surface area contributed by atoms with Crippen molar-refractivity contribution < 1.29 is 0 Å². The van der Waals surface area contributed by atoms with Crippen molar-refractivity contribution in [2.45, 2.75) is 13.3 Å². The highest BCUT2D eigenvalue weighted by molar-refractivity contribution is 6.36. The number of benzene rings is 1. The molecule has 0 N–H and O–H groups in total. The van der Waals surface area contributed by atoms with Gasteiger partial charge in [0.15, 0.2) is 0 Å². The molecule has 0 aliphatic heterocycles.